The van der Waals surface area contributed by atoms with Crippen molar-refractivity contribution >= 4 is 31.2 Å². The Labute approximate surface area is 119 Å². The normalized spacial score (nSPS) is 12.3. The van der Waals surface area contributed by atoms with Crippen LogP contribution >= 0.6 is 0 Å². The number of rotatable bonds is 7. The molecule has 20 heavy (non-hydrogen) atoms. The number of nitrogen functional groups attached to an aromatic ring is 1. The van der Waals surface area contributed by atoms with Crippen LogP contribution in [-0.4, -0.2) is 42.4 Å². The lowest BCUT2D eigenvalue weighted by molar-refractivity contribution is 0.588. The van der Waals surface area contributed by atoms with Gasteiger partial charge in [0.15, 0.2) is 0 Å². The molecule has 0 aromatic heterocycles. The molecule has 0 unspecified atom stereocenters. The summed E-state index contributed by atoms with van der Waals surface area (Å²) in [5.41, 5.74) is 6.62. The van der Waals surface area contributed by atoms with Gasteiger partial charge in [0.05, 0.1) is 22.0 Å². The van der Waals surface area contributed by atoms with Gasteiger partial charge in [0.25, 0.3) is 0 Å². The molecule has 0 fully saturated rings. The zero-order valence-electron chi connectivity index (χ0n) is 11.4. The van der Waals surface area contributed by atoms with E-state index in [1.165, 1.54) is 31.5 Å². The topological polar surface area (TPSA) is 118 Å². The molecule has 0 aliphatic carbocycles. The van der Waals surface area contributed by atoms with Gasteiger partial charge < -0.3 is 11.1 Å². The molecule has 0 spiro atoms. The van der Waals surface area contributed by atoms with Crippen LogP contribution in [0.1, 0.15) is 6.42 Å². The van der Waals surface area contributed by atoms with E-state index in [0.29, 0.717) is 24.3 Å². The molecule has 1 aromatic carbocycles. The Morgan fingerprint density at radius 1 is 1.20 bits per heavy atom. The number of anilines is 2. The van der Waals surface area contributed by atoms with E-state index in [0.717, 1.165) is 0 Å². The molecule has 1 aromatic rings. The molecule has 0 heterocycles. The largest absolute Gasteiger partial charge is 0.397 e. The molecule has 0 amide bonds. The lowest BCUT2D eigenvalue weighted by Gasteiger charge is -2.11. The summed E-state index contributed by atoms with van der Waals surface area (Å²) in [5.74, 6) is 0.0639. The number of hydrogen-bond acceptors (Lipinski definition) is 6. The maximum atomic E-state index is 11.7. The number of nitrogens with one attached hydrogen (secondary N) is 2. The van der Waals surface area contributed by atoms with Crippen molar-refractivity contribution in [3.05, 3.63) is 18.2 Å². The van der Waals surface area contributed by atoms with E-state index in [1.54, 1.807) is 0 Å². The van der Waals surface area contributed by atoms with Gasteiger partial charge in [-0.25, -0.2) is 21.6 Å². The van der Waals surface area contributed by atoms with Crippen molar-refractivity contribution in [1.82, 2.24) is 4.72 Å². The molecule has 7 nitrogen and oxygen atoms in total. The Bertz CT molecular complexity index is 669. The first kappa shape index (κ1) is 16.7. The van der Waals surface area contributed by atoms with Crippen LogP contribution in [0.5, 0.6) is 0 Å². The van der Waals surface area contributed by atoms with Gasteiger partial charge >= 0.3 is 0 Å². The molecule has 0 saturated heterocycles. The first-order valence-electron chi connectivity index (χ1n) is 5.90. The zero-order chi connectivity index (χ0) is 15.4. The van der Waals surface area contributed by atoms with E-state index in [9.17, 15) is 16.8 Å². The van der Waals surface area contributed by atoms with Crippen LogP contribution in [0.3, 0.4) is 0 Å². The molecule has 0 aliphatic heterocycles. The molecule has 0 radical (unpaired) electrons. The first-order chi connectivity index (χ1) is 9.15. The lowest BCUT2D eigenvalue weighted by Crippen LogP contribution is -2.19. The third kappa shape index (κ3) is 4.99. The van der Waals surface area contributed by atoms with Crippen LogP contribution in [0.25, 0.3) is 0 Å². The predicted octanol–water partition coefficient (Wildman–Crippen LogP) is 0.0235. The fourth-order valence-corrected chi connectivity index (χ4v) is 2.96. The first-order valence-corrected chi connectivity index (χ1v) is 9.45. The van der Waals surface area contributed by atoms with Crippen LogP contribution in [-0.2, 0) is 19.9 Å². The minimum absolute atomic E-state index is 0.0639. The Kier molecular flexibility index (Phi) is 5.37. The maximum Gasteiger partial charge on any atom is 0.240 e. The number of sulfonamides is 1. The van der Waals surface area contributed by atoms with E-state index in [1.807, 2.05) is 0 Å². The molecule has 0 saturated carbocycles. The predicted molar refractivity (Wildman–Crippen MR) is 79.9 cm³/mol. The summed E-state index contributed by atoms with van der Waals surface area (Å²) in [7, 11) is -5.21. The number of hydrogen-bond donors (Lipinski definition) is 3. The third-order valence-corrected chi connectivity index (χ3v) is 5.05. The van der Waals surface area contributed by atoms with E-state index >= 15 is 0 Å². The Hall–Kier alpha value is -1.32. The smallest absolute Gasteiger partial charge is 0.240 e. The van der Waals surface area contributed by atoms with Gasteiger partial charge in [-0.2, -0.15) is 0 Å². The van der Waals surface area contributed by atoms with Gasteiger partial charge in [-0.1, -0.05) is 0 Å². The van der Waals surface area contributed by atoms with Crippen molar-refractivity contribution in [3.8, 4) is 0 Å². The van der Waals surface area contributed by atoms with Gasteiger partial charge in [-0.05, 0) is 31.7 Å². The van der Waals surface area contributed by atoms with Crippen molar-refractivity contribution in [3.63, 3.8) is 0 Å². The summed E-state index contributed by atoms with van der Waals surface area (Å²) in [5, 5.41) is 2.94. The fourth-order valence-electron chi connectivity index (χ4n) is 1.53. The summed E-state index contributed by atoms with van der Waals surface area (Å²) in [6.45, 7) is 0.389. The van der Waals surface area contributed by atoms with Gasteiger partial charge in [-0.3, -0.25) is 0 Å². The van der Waals surface area contributed by atoms with Gasteiger partial charge in [0.1, 0.15) is 9.84 Å². The highest BCUT2D eigenvalue weighted by molar-refractivity contribution is 7.90. The summed E-state index contributed by atoms with van der Waals surface area (Å²) in [4.78, 5) is 0.0970. The van der Waals surface area contributed by atoms with Crippen LogP contribution in [0.2, 0.25) is 0 Å². The molecule has 4 N–H and O–H groups in total. The highest BCUT2D eigenvalue weighted by Gasteiger charge is 2.13. The van der Waals surface area contributed by atoms with Gasteiger partial charge in [0, 0.05) is 12.8 Å². The molecule has 0 aliphatic rings. The Balaban J connectivity index is 2.78. The average molecular weight is 321 g/mol. The second-order valence-corrected chi connectivity index (χ2v) is 8.51. The van der Waals surface area contributed by atoms with Crippen LogP contribution < -0.4 is 15.8 Å². The van der Waals surface area contributed by atoms with Crippen molar-refractivity contribution in [2.45, 2.75) is 11.3 Å². The lowest BCUT2D eigenvalue weighted by atomic mass is 10.2. The van der Waals surface area contributed by atoms with E-state index in [-0.39, 0.29) is 10.6 Å². The zero-order valence-corrected chi connectivity index (χ0v) is 13.0. The molecule has 0 atom stereocenters. The highest BCUT2D eigenvalue weighted by atomic mass is 32.2. The number of sulfone groups is 1. The Morgan fingerprint density at radius 2 is 1.85 bits per heavy atom. The second-order valence-electron chi connectivity index (χ2n) is 4.37. The van der Waals surface area contributed by atoms with Crippen molar-refractivity contribution < 1.29 is 16.8 Å². The van der Waals surface area contributed by atoms with Gasteiger partial charge in [0.2, 0.25) is 10.0 Å². The van der Waals surface area contributed by atoms with E-state index < -0.39 is 19.9 Å². The fraction of sp³-hybridized carbons (Fsp3) is 0.455. The molecular weight excluding hydrogens is 302 g/mol. The van der Waals surface area contributed by atoms with Gasteiger partial charge in [-0.15, -0.1) is 0 Å². The quantitative estimate of drug-likeness (QED) is 0.481. The third-order valence-electron chi connectivity index (χ3n) is 2.61. The van der Waals surface area contributed by atoms with Crippen molar-refractivity contribution in [2.75, 3.05) is 36.7 Å². The minimum atomic E-state index is -3.53. The van der Waals surface area contributed by atoms with Crippen LogP contribution in [0, 0.1) is 0 Å². The summed E-state index contributed by atoms with van der Waals surface area (Å²) in [6, 6.07) is 4.31. The molecule has 0 bridgehead atoms. The summed E-state index contributed by atoms with van der Waals surface area (Å²) >= 11 is 0. The Morgan fingerprint density at radius 3 is 2.40 bits per heavy atom. The maximum absolute atomic E-state index is 11.7. The monoisotopic (exact) mass is 321 g/mol. The van der Waals surface area contributed by atoms with Crippen molar-refractivity contribution in [2.24, 2.45) is 0 Å². The van der Waals surface area contributed by atoms with E-state index in [2.05, 4.69) is 10.0 Å². The standard InChI is InChI=1S/C11H19N3O4S2/c1-13-20(17,18)9-4-5-10(12)11(8-9)14-6-3-7-19(2,15)16/h4-5,8,13-14H,3,6-7,12H2,1-2H3. The SMILES string of the molecule is CNS(=O)(=O)c1ccc(N)c(NCCCS(C)(=O)=O)c1. The second kappa shape index (κ2) is 6.42. The molecule has 9 heteroatoms. The van der Waals surface area contributed by atoms with Crippen LogP contribution in [0.4, 0.5) is 11.4 Å². The van der Waals surface area contributed by atoms with Crippen molar-refractivity contribution in [1.29, 1.82) is 0 Å². The molecule has 114 valence electrons. The number of benzene rings is 1. The average Bonchev–Trinajstić information content (AvgIpc) is 2.35. The summed E-state index contributed by atoms with van der Waals surface area (Å²) < 4.78 is 47.5. The van der Waals surface area contributed by atoms with Crippen LogP contribution in [0.15, 0.2) is 23.1 Å². The number of nitrogens with two attached hydrogens (primary N) is 1. The summed E-state index contributed by atoms with van der Waals surface area (Å²) in [6.07, 6.45) is 1.59. The minimum Gasteiger partial charge on any atom is -0.397 e. The molecule has 1 rings (SSSR count). The highest BCUT2D eigenvalue weighted by Crippen LogP contribution is 2.22. The van der Waals surface area contributed by atoms with E-state index in [4.69, 9.17) is 5.73 Å². The molecular formula is C11H19N3O4S2.